The van der Waals surface area contributed by atoms with Gasteiger partial charge >= 0.3 is 0 Å². The molecule has 0 spiro atoms. The third kappa shape index (κ3) is 5.01. The summed E-state index contributed by atoms with van der Waals surface area (Å²) in [5.74, 6) is 0. The van der Waals surface area contributed by atoms with Crippen LogP contribution in [0.3, 0.4) is 0 Å². The molecule has 0 aromatic carbocycles. The van der Waals surface area contributed by atoms with Gasteiger partial charge in [-0.05, 0) is 40.2 Å². The highest BCUT2D eigenvalue weighted by Crippen LogP contribution is 2.18. The van der Waals surface area contributed by atoms with E-state index in [9.17, 15) is 4.55 Å². The van der Waals surface area contributed by atoms with Gasteiger partial charge in [0.05, 0.1) is 6.04 Å². The Kier molecular flexibility index (Phi) is 6.08. The highest BCUT2D eigenvalue weighted by Gasteiger charge is 2.28. The van der Waals surface area contributed by atoms with Gasteiger partial charge in [-0.1, -0.05) is 30.9 Å². The molecule has 0 aliphatic heterocycles. The maximum absolute atomic E-state index is 11.9. The van der Waals surface area contributed by atoms with Crippen molar-refractivity contribution in [3.8, 4) is 0 Å². The number of allylic oxidation sites excluding steroid dienone is 2. The Hall–Kier alpha value is -0.510. The Balaban J connectivity index is 4.67. The van der Waals surface area contributed by atoms with Crippen LogP contribution in [0.25, 0.3) is 0 Å². The Morgan fingerprint density at radius 3 is 2.25 bits per heavy atom. The van der Waals surface area contributed by atoms with Crippen LogP contribution in [0.1, 0.15) is 34.6 Å². The van der Waals surface area contributed by atoms with Crippen LogP contribution in [-0.2, 0) is 11.4 Å². The smallest absolute Gasteiger partial charge is 0.136 e. The largest absolute Gasteiger partial charge is 0.598 e. The van der Waals surface area contributed by atoms with E-state index in [-0.39, 0.29) is 10.8 Å². The topological polar surface area (TPSA) is 35.1 Å². The first-order valence-corrected chi connectivity index (χ1v) is 6.51. The third-order valence-electron chi connectivity index (χ3n) is 2.10. The second-order valence-corrected chi connectivity index (χ2v) is 6.86. The molecule has 0 saturated heterocycles. The monoisotopic (exact) mass is 241 g/mol. The van der Waals surface area contributed by atoms with Crippen LogP contribution >= 0.6 is 0 Å². The fraction of sp³-hybridized carbons (Fsp3) is 0.538. The van der Waals surface area contributed by atoms with Gasteiger partial charge in [-0.3, -0.25) is 0 Å². The van der Waals surface area contributed by atoms with Crippen molar-refractivity contribution in [1.82, 2.24) is 4.72 Å². The predicted octanol–water partition coefficient (Wildman–Crippen LogP) is 3.12. The van der Waals surface area contributed by atoms with Crippen molar-refractivity contribution in [3.63, 3.8) is 0 Å². The molecule has 1 N–H and O–H groups in total. The lowest BCUT2D eigenvalue weighted by atomic mass is 10.0. The third-order valence-corrected chi connectivity index (χ3v) is 3.78. The van der Waals surface area contributed by atoms with E-state index < -0.39 is 11.4 Å². The van der Waals surface area contributed by atoms with Gasteiger partial charge in [0.1, 0.15) is 4.75 Å². The molecule has 0 saturated carbocycles. The van der Waals surface area contributed by atoms with Crippen LogP contribution in [0.4, 0.5) is 0 Å². The zero-order valence-corrected chi connectivity index (χ0v) is 11.8. The molecule has 92 valence electrons. The molecule has 2 nitrogen and oxygen atoms in total. The lowest BCUT2D eigenvalue weighted by molar-refractivity contribution is 0.537. The van der Waals surface area contributed by atoms with Crippen molar-refractivity contribution in [2.24, 2.45) is 0 Å². The summed E-state index contributed by atoms with van der Waals surface area (Å²) in [4.78, 5) is 0. The summed E-state index contributed by atoms with van der Waals surface area (Å²) in [6, 6.07) is 0.00978. The van der Waals surface area contributed by atoms with Crippen molar-refractivity contribution in [2.75, 3.05) is 0 Å². The van der Waals surface area contributed by atoms with Crippen molar-refractivity contribution in [3.05, 3.63) is 36.5 Å². The molecule has 0 radical (unpaired) electrons. The zero-order valence-electron chi connectivity index (χ0n) is 11.0. The lowest BCUT2D eigenvalue weighted by Crippen LogP contribution is -2.44. The van der Waals surface area contributed by atoms with E-state index in [0.717, 1.165) is 11.1 Å². The van der Waals surface area contributed by atoms with E-state index in [1.54, 1.807) is 6.08 Å². The van der Waals surface area contributed by atoms with Gasteiger partial charge in [-0.2, -0.15) is 0 Å². The van der Waals surface area contributed by atoms with E-state index in [4.69, 9.17) is 0 Å². The summed E-state index contributed by atoms with van der Waals surface area (Å²) in [7, 11) is 0. The maximum Gasteiger partial charge on any atom is 0.136 e. The molecule has 0 bridgehead atoms. The van der Waals surface area contributed by atoms with Crippen LogP contribution in [0.15, 0.2) is 36.5 Å². The quantitative estimate of drug-likeness (QED) is 0.593. The lowest BCUT2D eigenvalue weighted by Gasteiger charge is -2.27. The molecule has 2 unspecified atom stereocenters. The average Bonchev–Trinajstić information content (AvgIpc) is 2.11. The summed E-state index contributed by atoms with van der Waals surface area (Å²) in [6.07, 6.45) is 3.63. The van der Waals surface area contributed by atoms with Crippen molar-refractivity contribution >= 4 is 11.4 Å². The Morgan fingerprint density at radius 2 is 1.94 bits per heavy atom. The first-order valence-electron chi connectivity index (χ1n) is 5.36. The van der Waals surface area contributed by atoms with Crippen LogP contribution < -0.4 is 4.72 Å². The molecule has 0 heterocycles. The molecule has 0 aliphatic rings. The summed E-state index contributed by atoms with van der Waals surface area (Å²) >= 11 is -1.07. The Labute approximate surface area is 103 Å². The van der Waals surface area contributed by atoms with Gasteiger partial charge in [-0.25, -0.2) is 0 Å². The maximum atomic E-state index is 11.9. The van der Waals surface area contributed by atoms with Crippen molar-refractivity contribution < 1.29 is 4.55 Å². The van der Waals surface area contributed by atoms with E-state index >= 15 is 0 Å². The van der Waals surface area contributed by atoms with E-state index in [2.05, 4.69) is 17.9 Å². The fourth-order valence-corrected chi connectivity index (χ4v) is 1.99. The van der Waals surface area contributed by atoms with Gasteiger partial charge in [0.25, 0.3) is 0 Å². The molecule has 0 aliphatic carbocycles. The molecule has 0 aromatic heterocycles. The summed E-state index contributed by atoms with van der Waals surface area (Å²) in [5, 5.41) is 0. The minimum absolute atomic E-state index is 0.00978. The molecular formula is C13H23NOS. The van der Waals surface area contributed by atoms with Crippen LogP contribution in [0, 0.1) is 0 Å². The number of hydrogen-bond donors (Lipinski definition) is 1. The van der Waals surface area contributed by atoms with Crippen molar-refractivity contribution in [1.29, 1.82) is 0 Å². The van der Waals surface area contributed by atoms with Gasteiger partial charge in [-0.15, -0.1) is 4.72 Å². The zero-order chi connectivity index (χ0) is 12.9. The van der Waals surface area contributed by atoms with Gasteiger partial charge in [0, 0.05) is 11.4 Å². The van der Waals surface area contributed by atoms with Gasteiger partial charge in [0.15, 0.2) is 0 Å². The second-order valence-electron chi connectivity index (χ2n) is 4.86. The van der Waals surface area contributed by atoms with E-state index in [1.165, 1.54) is 0 Å². The molecule has 0 aromatic rings. The van der Waals surface area contributed by atoms with Gasteiger partial charge < -0.3 is 4.55 Å². The molecule has 0 fully saturated rings. The number of nitrogens with one attached hydrogen (secondary N) is 1. The first kappa shape index (κ1) is 15.5. The fourth-order valence-electron chi connectivity index (χ4n) is 1.18. The van der Waals surface area contributed by atoms with Crippen LogP contribution in [0.2, 0.25) is 0 Å². The summed E-state index contributed by atoms with van der Waals surface area (Å²) in [5.41, 5.74) is 2.00. The highest BCUT2D eigenvalue weighted by atomic mass is 32.2. The second kappa shape index (κ2) is 6.28. The predicted molar refractivity (Wildman–Crippen MR) is 73.6 cm³/mol. The molecule has 0 rings (SSSR count). The molecular weight excluding hydrogens is 218 g/mol. The minimum Gasteiger partial charge on any atom is -0.598 e. The van der Waals surface area contributed by atoms with Crippen molar-refractivity contribution in [2.45, 2.75) is 45.4 Å². The number of hydrogen-bond acceptors (Lipinski definition) is 2. The van der Waals surface area contributed by atoms with E-state index in [1.807, 2.05) is 40.7 Å². The normalized spacial score (nSPS) is 16.8. The summed E-state index contributed by atoms with van der Waals surface area (Å²) in [6.45, 7) is 17.3. The minimum atomic E-state index is -1.07. The standard InChI is InChI=1S/C13H23NOS/c1-8-9-12(10(2)3)11(4)14-16(15)13(5,6)7/h8-9,11,14H,1-2H2,3-7H3/b12-9-. The Morgan fingerprint density at radius 1 is 1.44 bits per heavy atom. The van der Waals surface area contributed by atoms with Crippen LogP contribution in [0.5, 0.6) is 0 Å². The van der Waals surface area contributed by atoms with Gasteiger partial charge in [0.2, 0.25) is 0 Å². The Bertz CT molecular complexity index is 289. The number of rotatable bonds is 5. The summed E-state index contributed by atoms with van der Waals surface area (Å²) < 4.78 is 14.7. The average molecular weight is 241 g/mol. The molecule has 0 amide bonds. The van der Waals surface area contributed by atoms with E-state index in [0.29, 0.717) is 0 Å². The van der Waals surface area contributed by atoms with Crippen LogP contribution in [-0.4, -0.2) is 15.3 Å². The molecule has 16 heavy (non-hydrogen) atoms. The first-order chi connectivity index (χ1) is 7.20. The SMILES string of the molecule is C=C/C=C(/C(=C)C)C(C)N[S+]([O-])C(C)(C)C. The molecule has 3 heteroatoms. The highest BCUT2D eigenvalue weighted by molar-refractivity contribution is 7.90. The molecule has 2 atom stereocenters.